The zero-order valence-corrected chi connectivity index (χ0v) is 11.8. The highest BCUT2D eigenvalue weighted by atomic mass is 16.5. The molecule has 0 saturated carbocycles. The molecule has 0 unspecified atom stereocenters. The molecular formula is C15H16N2O4. The average Bonchev–Trinajstić information content (AvgIpc) is 2.48. The van der Waals surface area contributed by atoms with E-state index in [9.17, 15) is 14.7 Å². The number of nitrogens with one attached hydrogen (secondary N) is 1. The number of nitrogens with zero attached hydrogens (tertiary/aromatic N) is 1. The first-order chi connectivity index (χ1) is 10.0. The molecule has 2 aromatic rings. The van der Waals surface area contributed by atoms with Crippen LogP contribution in [0.15, 0.2) is 41.3 Å². The van der Waals surface area contributed by atoms with Gasteiger partial charge in [-0.1, -0.05) is 6.07 Å². The molecule has 110 valence electrons. The van der Waals surface area contributed by atoms with E-state index in [2.05, 4.69) is 4.98 Å². The Morgan fingerprint density at radius 1 is 1.33 bits per heavy atom. The van der Waals surface area contributed by atoms with Crippen molar-refractivity contribution in [3.63, 3.8) is 0 Å². The maximum atomic E-state index is 12.2. The summed E-state index contributed by atoms with van der Waals surface area (Å²) in [7, 11) is 3.10. The third-order valence-electron chi connectivity index (χ3n) is 3.03. The summed E-state index contributed by atoms with van der Waals surface area (Å²) in [5.41, 5.74) is 0.817. The number of carbonyl (C=O) groups excluding carboxylic acids is 1. The van der Waals surface area contributed by atoms with Crippen molar-refractivity contribution in [2.24, 2.45) is 0 Å². The van der Waals surface area contributed by atoms with Crippen molar-refractivity contribution in [3.8, 4) is 11.5 Å². The number of amides is 1. The Balaban J connectivity index is 2.16. The Morgan fingerprint density at radius 3 is 2.76 bits per heavy atom. The molecule has 0 fully saturated rings. The lowest BCUT2D eigenvalue weighted by molar-refractivity contribution is 0.0784. The van der Waals surface area contributed by atoms with Gasteiger partial charge >= 0.3 is 0 Å². The summed E-state index contributed by atoms with van der Waals surface area (Å²) < 4.78 is 5.03. The van der Waals surface area contributed by atoms with Crippen molar-refractivity contribution in [2.45, 2.75) is 6.54 Å². The summed E-state index contributed by atoms with van der Waals surface area (Å²) in [4.78, 5) is 27.4. The molecule has 1 amide bonds. The van der Waals surface area contributed by atoms with Gasteiger partial charge in [0.1, 0.15) is 0 Å². The molecule has 2 rings (SSSR count). The number of aromatic amines is 1. The van der Waals surface area contributed by atoms with E-state index in [4.69, 9.17) is 4.74 Å². The second kappa shape index (κ2) is 6.13. The lowest BCUT2D eigenvalue weighted by Crippen LogP contribution is -2.27. The number of carbonyl (C=O) groups is 1. The SMILES string of the molecule is COc1cc(CN(C)C(=O)c2cc[nH]c(=O)c2)ccc1O. The Morgan fingerprint density at radius 2 is 2.10 bits per heavy atom. The number of hydrogen-bond acceptors (Lipinski definition) is 4. The molecule has 0 radical (unpaired) electrons. The largest absolute Gasteiger partial charge is 0.504 e. The van der Waals surface area contributed by atoms with Gasteiger partial charge in [0.25, 0.3) is 5.91 Å². The van der Waals surface area contributed by atoms with Gasteiger partial charge in [-0.3, -0.25) is 9.59 Å². The number of pyridine rings is 1. The van der Waals surface area contributed by atoms with Gasteiger partial charge in [0.2, 0.25) is 5.56 Å². The summed E-state index contributed by atoms with van der Waals surface area (Å²) in [6, 6.07) is 7.70. The van der Waals surface area contributed by atoms with Gasteiger partial charge in [-0.25, -0.2) is 0 Å². The number of benzene rings is 1. The van der Waals surface area contributed by atoms with Crippen LogP contribution in [0.2, 0.25) is 0 Å². The minimum Gasteiger partial charge on any atom is -0.504 e. The van der Waals surface area contributed by atoms with Gasteiger partial charge in [0.15, 0.2) is 11.5 Å². The van der Waals surface area contributed by atoms with Gasteiger partial charge in [0, 0.05) is 31.4 Å². The Bertz CT molecular complexity index is 709. The second-order valence-electron chi connectivity index (χ2n) is 4.61. The highest BCUT2D eigenvalue weighted by Gasteiger charge is 2.13. The van der Waals surface area contributed by atoms with E-state index < -0.39 is 0 Å². The van der Waals surface area contributed by atoms with Crippen LogP contribution in [0, 0.1) is 0 Å². The van der Waals surface area contributed by atoms with E-state index in [0.717, 1.165) is 5.56 Å². The fourth-order valence-electron chi connectivity index (χ4n) is 1.96. The molecule has 1 heterocycles. The van der Waals surface area contributed by atoms with Crippen LogP contribution in [0.25, 0.3) is 0 Å². The number of rotatable bonds is 4. The molecule has 0 aliphatic heterocycles. The quantitative estimate of drug-likeness (QED) is 0.890. The molecule has 1 aromatic carbocycles. The maximum Gasteiger partial charge on any atom is 0.254 e. The number of aromatic hydroxyl groups is 1. The van der Waals surface area contributed by atoms with Crippen LogP contribution in [-0.4, -0.2) is 35.1 Å². The molecule has 21 heavy (non-hydrogen) atoms. The van der Waals surface area contributed by atoms with Crippen LogP contribution >= 0.6 is 0 Å². The Labute approximate surface area is 121 Å². The topological polar surface area (TPSA) is 82.6 Å². The third kappa shape index (κ3) is 3.42. The number of methoxy groups -OCH3 is 1. The van der Waals surface area contributed by atoms with Crippen LogP contribution in [0.3, 0.4) is 0 Å². The Kier molecular flexibility index (Phi) is 4.27. The van der Waals surface area contributed by atoms with Crippen molar-refractivity contribution < 1.29 is 14.6 Å². The van der Waals surface area contributed by atoms with Crippen molar-refractivity contribution in [2.75, 3.05) is 14.2 Å². The first-order valence-electron chi connectivity index (χ1n) is 6.31. The summed E-state index contributed by atoms with van der Waals surface area (Å²) in [5.74, 6) is 0.141. The second-order valence-corrected chi connectivity index (χ2v) is 4.61. The number of H-pyrrole nitrogens is 1. The van der Waals surface area contributed by atoms with E-state index in [0.29, 0.717) is 17.9 Å². The van der Waals surface area contributed by atoms with E-state index in [1.807, 2.05) is 0 Å². The highest BCUT2D eigenvalue weighted by molar-refractivity contribution is 5.93. The zero-order chi connectivity index (χ0) is 15.4. The molecule has 0 atom stereocenters. The lowest BCUT2D eigenvalue weighted by atomic mass is 10.1. The molecule has 6 nitrogen and oxygen atoms in total. The minimum absolute atomic E-state index is 0.0461. The summed E-state index contributed by atoms with van der Waals surface area (Å²) in [6.45, 7) is 0.336. The monoisotopic (exact) mass is 288 g/mol. The predicted molar refractivity (Wildman–Crippen MR) is 77.5 cm³/mol. The summed E-state index contributed by atoms with van der Waals surface area (Å²) >= 11 is 0. The van der Waals surface area contributed by atoms with Gasteiger partial charge < -0.3 is 19.7 Å². The van der Waals surface area contributed by atoms with Crippen LogP contribution in [0.4, 0.5) is 0 Å². The van der Waals surface area contributed by atoms with Crippen molar-refractivity contribution in [1.29, 1.82) is 0 Å². The van der Waals surface area contributed by atoms with Gasteiger partial charge in [-0.05, 0) is 23.8 Å². The molecule has 0 saturated heterocycles. The summed E-state index contributed by atoms with van der Waals surface area (Å²) in [6.07, 6.45) is 1.44. The molecule has 0 spiro atoms. The lowest BCUT2D eigenvalue weighted by Gasteiger charge is -2.17. The molecule has 0 bridgehead atoms. The normalized spacial score (nSPS) is 10.2. The molecular weight excluding hydrogens is 272 g/mol. The van der Waals surface area contributed by atoms with Crippen LogP contribution in [0.5, 0.6) is 11.5 Å². The van der Waals surface area contributed by atoms with E-state index in [1.165, 1.54) is 30.3 Å². The van der Waals surface area contributed by atoms with Gasteiger partial charge in [-0.2, -0.15) is 0 Å². The number of phenols is 1. The molecule has 1 aromatic heterocycles. The van der Waals surface area contributed by atoms with Gasteiger partial charge in [-0.15, -0.1) is 0 Å². The van der Waals surface area contributed by atoms with Crippen LogP contribution < -0.4 is 10.3 Å². The van der Waals surface area contributed by atoms with E-state index in [1.54, 1.807) is 25.2 Å². The highest BCUT2D eigenvalue weighted by Crippen LogP contribution is 2.26. The number of phenolic OH excluding ortho intramolecular Hbond substituents is 1. The first kappa shape index (κ1) is 14.6. The van der Waals surface area contributed by atoms with E-state index in [-0.39, 0.29) is 17.2 Å². The average molecular weight is 288 g/mol. The fourth-order valence-corrected chi connectivity index (χ4v) is 1.96. The van der Waals surface area contributed by atoms with E-state index >= 15 is 0 Å². The fraction of sp³-hybridized carbons (Fsp3) is 0.200. The van der Waals surface area contributed by atoms with Gasteiger partial charge in [0.05, 0.1) is 7.11 Å². The van der Waals surface area contributed by atoms with Crippen molar-refractivity contribution in [1.82, 2.24) is 9.88 Å². The zero-order valence-electron chi connectivity index (χ0n) is 11.8. The molecule has 0 aliphatic rings. The third-order valence-corrected chi connectivity index (χ3v) is 3.03. The smallest absolute Gasteiger partial charge is 0.254 e. The van der Waals surface area contributed by atoms with Crippen LogP contribution in [0.1, 0.15) is 15.9 Å². The number of aromatic nitrogens is 1. The van der Waals surface area contributed by atoms with Crippen LogP contribution in [-0.2, 0) is 6.54 Å². The number of ether oxygens (including phenoxy) is 1. The maximum absolute atomic E-state index is 12.2. The predicted octanol–water partition coefficient (Wildman–Crippen LogP) is 1.36. The summed E-state index contributed by atoms with van der Waals surface area (Å²) in [5, 5.41) is 9.54. The Hall–Kier alpha value is -2.76. The standard InChI is InChI=1S/C15H16N2O4/c1-17(15(20)11-5-6-16-14(19)8-11)9-10-3-4-12(18)13(7-10)21-2/h3-8,18H,9H2,1-2H3,(H,16,19). The number of hydrogen-bond donors (Lipinski definition) is 2. The first-order valence-corrected chi connectivity index (χ1v) is 6.31. The van der Waals surface area contributed by atoms with Crippen molar-refractivity contribution in [3.05, 3.63) is 58.0 Å². The van der Waals surface area contributed by atoms with Crippen molar-refractivity contribution >= 4 is 5.91 Å². The molecule has 2 N–H and O–H groups in total. The minimum atomic E-state index is -0.319. The molecule has 0 aliphatic carbocycles. The molecule has 6 heteroatoms.